The molecule has 1 aliphatic heterocycles. The first kappa shape index (κ1) is 19.0. The second kappa shape index (κ2) is 6.94. The molecule has 3 aliphatic rings. The lowest BCUT2D eigenvalue weighted by atomic mass is 9.71. The van der Waals surface area contributed by atoms with Gasteiger partial charge in [0.15, 0.2) is 0 Å². The average molecular weight is 390 g/mol. The molecular formula is C21H27FN2O4. The first-order valence-electron chi connectivity index (χ1n) is 9.84. The maximum atomic E-state index is 13.4. The van der Waals surface area contributed by atoms with Crippen LogP contribution in [0.2, 0.25) is 0 Å². The molecule has 1 unspecified atom stereocenters. The maximum absolute atomic E-state index is 13.4. The van der Waals surface area contributed by atoms with E-state index in [-0.39, 0.29) is 29.2 Å². The van der Waals surface area contributed by atoms with Crippen LogP contribution in [0.15, 0.2) is 18.2 Å². The summed E-state index contributed by atoms with van der Waals surface area (Å²) in [6.45, 7) is 3.44. The summed E-state index contributed by atoms with van der Waals surface area (Å²) < 4.78 is 23.9. The highest BCUT2D eigenvalue weighted by Crippen LogP contribution is 2.65. The van der Waals surface area contributed by atoms with Gasteiger partial charge in [-0.2, -0.15) is 0 Å². The SMILES string of the molecule is COc1cc(OC)cc(C(=O)N2CCN(C(=O)C3CC4(C3)CC4F)[C@H](C)C2)c1. The Balaban J connectivity index is 1.38. The van der Waals surface area contributed by atoms with E-state index in [0.29, 0.717) is 56.0 Å². The Morgan fingerprint density at radius 2 is 1.68 bits per heavy atom. The lowest BCUT2D eigenvalue weighted by molar-refractivity contribution is -0.145. The monoisotopic (exact) mass is 390 g/mol. The lowest BCUT2D eigenvalue weighted by Crippen LogP contribution is -2.57. The van der Waals surface area contributed by atoms with Crippen molar-refractivity contribution in [3.63, 3.8) is 0 Å². The number of hydrogen-bond donors (Lipinski definition) is 0. The molecule has 1 aromatic rings. The summed E-state index contributed by atoms with van der Waals surface area (Å²) >= 11 is 0. The van der Waals surface area contributed by atoms with E-state index in [9.17, 15) is 14.0 Å². The molecule has 2 saturated carbocycles. The first-order chi connectivity index (χ1) is 13.4. The van der Waals surface area contributed by atoms with Crippen molar-refractivity contribution < 1.29 is 23.5 Å². The molecule has 1 spiro atoms. The number of ether oxygens (including phenoxy) is 2. The summed E-state index contributed by atoms with van der Waals surface area (Å²) in [6.07, 6.45) is 1.28. The Hall–Kier alpha value is -2.31. The number of benzene rings is 1. The standard InChI is InChI=1S/C21H27FN2O4/c1-13-12-23(19(25)14-6-16(27-2)8-17(7-14)28-3)4-5-24(13)20(26)15-9-21(10-15)11-18(21)22/h6-8,13,15,18H,4-5,9-12H2,1-3H3/t13-,15?,18?,21?/m1/s1. The third-order valence-electron chi connectivity index (χ3n) is 6.54. The van der Waals surface area contributed by atoms with E-state index in [0.717, 1.165) is 0 Å². The summed E-state index contributed by atoms with van der Waals surface area (Å²) in [4.78, 5) is 29.4. The van der Waals surface area contributed by atoms with Gasteiger partial charge in [0.1, 0.15) is 17.7 Å². The fourth-order valence-electron chi connectivity index (χ4n) is 4.63. The maximum Gasteiger partial charge on any atom is 0.254 e. The van der Waals surface area contributed by atoms with E-state index in [1.807, 2.05) is 11.8 Å². The number of carbonyl (C=O) groups excluding carboxylic acids is 2. The van der Waals surface area contributed by atoms with Crippen LogP contribution in [0.5, 0.6) is 11.5 Å². The number of halogens is 1. The van der Waals surface area contributed by atoms with Gasteiger partial charge in [0.05, 0.1) is 14.2 Å². The Morgan fingerprint density at radius 1 is 1.07 bits per heavy atom. The molecule has 0 N–H and O–H groups in total. The third kappa shape index (κ3) is 3.20. The number of alkyl halides is 1. The Bertz CT molecular complexity index is 770. The molecule has 0 radical (unpaired) electrons. The van der Waals surface area contributed by atoms with Gasteiger partial charge in [0.2, 0.25) is 5.91 Å². The zero-order valence-corrected chi connectivity index (χ0v) is 16.6. The van der Waals surface area contributed by atoms with Gasteiger partial charge in [0, 0.05) is 48.6 Å². The van der Waals surface area contributed by atoms with E-state index in [4.69, 9.17) is 9.47 Å². The molecule has 28 heavy (non-hydrogen) atoms. The van der Waals surface area contributed by atoms with Gasteiger partial charge in [-0.1, -0.05) is 0 Å². The molecule has 1 aromatic carbocycles. The highest BCUT2D eigenvalue weighted by atomic mass is 19.1. The summed E-state index contributed by atoms with van der Waals surface area (Å²) in [6, 6.07) is 5.06. The highest BCUT2D eigenvalue weighted by molar-refractivity contribution is 5.95. The summed E-state index contributed by atoms with van der Waals surface area (Å²) in [5.41, 5.74) is 0.332. The van der Waals surface area contributed by atoms with Crippen LogP contribution < -0.4 is 9.47 Å². The highest BCUT2D eigenvalue weighted by Gasteiger charge is 2.64. The second-order valence-corrected chi connectivity index (χ2v) is 8.37. The second-order valence-electron chi connectivity index (χ2n) is 8.37. The van der Waals surface area contributed by atoms with Crippen LogP contribution in [0.4, 0.5) is 4.39 Å². The van der Waals surface area contributed by atoms with Crippen molar-refractivity contribution in [1.82, 2.24) is 9.80 Å². The van der Waals surface area contributed by atoms with E-state index >= 15 is 0 Å². The van der Waals surface area contributed by atoms with Gasteiger partial charge in [0.25, 0.3) is 5.91 Å². The number of rotatable bonds is 4. The third-order valence-corrected chi connectivity index (χ3v) is 6.54. The Kier molecular flexibility index (Phi) is 4.71. The number of hydrogen-bond acceptors (Lipinski definition) is 4. The van der Waals surface area contributed by atoms with Gasteiger partial charge >= 0.3 is 0 Å². The lowest BCUT2D eigenvalue weighted by Gasteiger charge is -2.44. The Morgan fingerprint density at radius 3 is 2.18 bits per heavy atom. The topological polar surface area (TPSA) is 59.1 Å². The van der Waals surface area contributed by atoms with Crippen molar-refractivity contribution in [2.45, 2.75) is 38.4 Å². The van der Waals surface area contributed by atoms with Crippen molar-refractivity contribution >= 4 is 11.8 Å². The van der Waals surface area contributed by atoms with Crippen LogP contribution in [0.1, 0.15) is 36.5 Å². The van der Waals surface area contributed by atoms with Crippen molar-refractivity contribution in [3.8, 4) is 11.5 Å². The quantitative estimate of drug-likeness (QED) is 0.793. The predicted molar refractivity (Wildman–Crippen MR) is 101 cm³/mol. The molecule has 6 nitrogen and oxygen atoms in total. The van der Waals surface area contributed by atoms with Crippen LogP contribution in [0, 0.1) is 11.3 Å². The van der Waals surface area contributed by atoms with Gasteiger partial charge in [-0.15, -0.1) is 0 Å². The van der Waals surface area contributed by atoms with E-state index in [2.05, 4.69) is 0 Å². The predicted octanol–water partition coefficient (Wildman–Crippen LogP) is 2.51. The minimum absolute atomic E-state index is 0.0481. The minimum Gasteiger partial charge on any atom is -0.497 e. The first-order valence-corrected chi connectivity index (χ1v) is 9.84. The summed E-state index contributed by atoms with van der Waals surface area (Å²) in [7, 11) is 3.10. The van der Waals surface area contributed by atoms with Crippen LogP contribution in [-0.2, 0) is 4.79 Å². The molecule has 2 aliphatic carbocycles. The molecule has 4 rings (SSSR count). The molecule has 1 saturated heterocycles. The normalized spacial score (nSPS) is 31.4. The van der Waals surface area contributed by atoms with Crippen LogP contribution in [-0.4, -0.2) is 67.7 Å². The number of amides is 2. The minimum atomic E-state index is -0.705. The van der Waals surface area contributed by atoms with Crippen molar-refractivity contribution in [2.75, 3.05) is 33.9 Å². The van der Waals surface area contributed by atoms with Crippen molar-refractivity contribution in [2.24, 2.45) is 11.3 Å². The fraction of sp³-hybridized carbons (Fsp3) is 0.619. The number of carbonyl (C=O) groups is 2. The zero-order chi connectivity index (χ0) is 20.1. The molecule has 1 heterocycles. The van der Waals surface area contributed by atoms with Crippen molar-refractivity contribution in [3.05, 3.63) is 23.8 Å². The van der Waals surface area contributed by atoms with E-state index in [1.54, 1.807) is 37.3 Å². The van der Waals surface area contributed by atoms with Gasteiger partial charge in [-0.25, -0.2) is 4.39 Å². The zero-order valence-electron chi connectivity index (χ0n) is 16.6. The smallest absolute Gasteiger partial charge is 0.254 e. The average Bonchev–Trinajstić information content (AvgIpc) is 3.36. The van der Waals surface area contributed by atoms with E-state index < -0.39 is 6.17 Å². The number of nitrogens with zero attached hydrogens (tertiary/aromatic N) is 2. The molecule has 3 fully saturated rings. The Labute approximate surface area is 164 Å². The van der Waals surface area contributed by atoms with Crippen molar-refractivity contribution in [1.29, 1.82) is 0 Å². The molecule has 7 heteroatoms. The molecule has 0 bridgehead atoms. The van der Waals surface area contributed by atoms with Crippen LogP contribution in [0.3, 0.4) is 0 Å². The van der Waals surface area contributed by atoms with E-state index in [1.165, 1.54) is 0 Å². The number of methoxy groups -OCH3 is 2. The molecular weight excluding hydrogens is 363 g/mol. The number of piperazine rings is 1. The summed E-state index contributed by atoms with van der Waals surface area (Å²) in [5.74, 6) is 1.10. The molecule has 0 aromatic heterocycles. The molecule has 2 atom stereocenters. The van der Waals surface area contributed by atoms with Crippen LogP contribution in [0.25, 0.3) is 0 Å². The molecule has 2 amide bonds. The van der Waals surface area contributed by atoms with Crippen LogP contribution >= 0.6 is 0 Å². The van der Waals surface area contributed by atoms with Gasteiger partial charge in [-0.05, 0) is 38.3 Å². The molecule has 152 valence electrons. The fourth-order valence-corrected chi connectivity index (χ4v) is 4.63. The van der Waals surface area contributed by atoms with Gasteiger partial charge in [-0.3, -0.25) is 9.59 Å². The summed E-state index contributed by atoms with van der Waals surface area (Å²) in [5, 5.41) is 0. The van der Waals surface area contributed by atoms with Gasteiger partial charge < -0.3 is 19.3 Å². The largest absolute Gasteiger partial charge is 0.497 e.